The van der Waals surface area contributed by atoms with Crippen LogP contribution in [0.25, 0.3) is 0 Å². The monoisotopic (exact) mass is 296 g/mol. The van der Waals surface area contributed by atoms with Gasteiger partial charge in [-0.15, -0.1) is 0 Å². The van der Waals surface area contributed by atoms with Gasteiger partial charge in [0.2, 0.25) is 0 Å². The Balaban J connectivity index is 1.89. The van der Waals surface area contributed by atoms with E-state index in [2.05, 4.69) is 64.4 Å². The zero-order valence-corrected chi connectivity index (χ0v) is 12.2. The lowest BCUT2D eigenvalue weighted by Crippen LogP contribution is -2.38. The minimum atomic E-state index is 0.655. The Kier molecular flexibility index (Phi) is 4.60. The third kappa shape index (κ3) is 3.54. The van der Waals surface area contributed by atoms with E-state index >= 15 is 0 Å². The summed E-state index contributed by atoms with van der Waals surface area (Å²) in [4.78, 5) is 2.40. The summed E-state index contributed by atoms with van der Waals surface area (Å²) in [5, 5.41) is 3.58. The molecule has 3 heteroatoms. The second-order valence-electron chi connectivity index (χ2n) is 5.11. The molecule has 2 atom stereocenters. The Morgan fingerprint density at radius 2 is 2.18 bits per heavy atom. The van der Waals surface area contributed by atoms with Crippen molar-refractivity contribution in [3.8, 4) is 0 Å². The van der Waals surface area contributed by atoms with Gasteiger partial charge in [-0.25, -0.2) is 0 Å². The number of benzene rings is 1. The number of nitrogens with one attached hydrogen (secondary N) is 1. The van der Waals surface area contributed by atoms with Crippen molar-refractivity contribution in [1.29, 1.82) is 0 Å². The van der Waals surface area contributed by atoms with Crippen molar-refractivity contribution in [3.63, 3.8) is 0 Å². The van der Waals surface area contributed by atoms with Crippen molar-refractivity contribution in [2.24, 2.45) is 5.92 Å². The molecular formula is C14H21BrN2. The van der Waals surface area contributed by atoms with Crippen LogP contribution in [0.3, 0.4) is 0 Å². The van der Waals surface area contributed by atoms with Gasteiger partial charge in [0.15, 0.2) is 0 Å². The van der Waals surface area contributed by atoms with E-state index < -0.39 is 0 Å². The lowest BCUT2D eigenvalue weighted by molar-refractivity contribution is 0.271. The SMILES string of the molecule is CC1CCNC1CN(C)Cc1ccccc1Br. The van der Waals surface area contributed by atoms with Crippen LogP contribution in [0.2, 0.25) is 0 Å². The van der Waals surface area contributed by atoms with E-state index in [-0.39, 0.29) is 0 Å². The van der Waals surface area contributed by atoms with Crippen LogP contribution in [0, 0.1) is 5.92 Å². The molecule has 0 spiro atoms. The maximum Gasteiger partial charge on any atom is 0.0242 e. The highest BCUT2D eigenvalue weighted by atomic mass is 79.9. The van der Waals surface area contributed by atoms with E-state index in [1.165, 1.54) is 23.0 Å². The number of halogens is 1. The van der Waals surface area contributed by atoms with Crippen LogP contribution in [-0.2, 0) is 6.54 Å². The van der Waals surface area contributed by atoms with Gasteiger partial charge < -0.3 is 10.2 Å². The summed E-state index contributed by atoms with van der Waals surface area (Å²) in [6.45, 7) is 5.65. The molecule has 0 aromatic heterocycles. The van der Waals surface area contributed by atoms with Crippen LogP contribution < -0.4 is 5.32 Å². The van der Waals surface area contributed by atoms with E-state index in [0.29, 0.717) is 6.04 Å². The Bertz CT molecular complexity index is 367. The van der Waals surface area contributed by atoms with Gasteiger partial charge in [0.25, 0.3) is 0 Å². The van der Waals surface area contributed by atoms with Gasteiger partial charge in [-0.2, -0.15) is 0 Å². The highest BCUT2D eigenvalue weighted by Crippen LogP contribution is 2.19. The lowest BCUT2D eigenvalue weighted by Gasteiger charge is -2.24. The Hall–Kier alpha value is -0.380. The zero-order chi connectivity index (χ0) is 12.3. The second kappa shape index (κ2) is 5.98. The van der Waals surface area contributed by atoms with Gasteiger partial charge in [-0.3, -0.25) is 0 Å². The van der Waals surface area contributed by atoms with Crippen molar-refractivity contribution >= 4 is 15.9 Å². The summed E-state index contributed by atoms with van der Waals surface area (Å²) < 4.78 is 1.21. The minimum Gasteiger partial charge on any atom is -0.312 e. The molecule has 1 N–H and O–H groups in total. The Morgan fingerprint density at radius 3 is 2.82 bits per heavy atom. The first-order chi connectivity index (χ1) is 8.16. The molecule has 1 fully saturated rings. The fourth-order valence-electron chi connectivity index (χ4n) is 2.46. The van der Waals surface area contributed by atoms with Gasteiger partial charge in [0, 0.05) is 23.6 Å². The van der Waals surface area contributed by atoms with Crippen LogP contribution in [0.15, 0.2) is 28.7 Å². The van der Waals surface area contributed by atoms with Crippen LogP contribution in [-0.4, -0.2) is 31.1 Å². The molecule has 1 aliphatic rings. The lowest BCUT2D eigenvalue weighted by atomic mass is 10.0. The first-order valence-corrected chi connectivity index (χ1v) is 7.11. The van der Waals surface area contributed by atoms with Crippen LogP contribution in [0.1, 0.15) is 18.9 Å². The average Bonchev–Trinajstić information content (AvgIpc) is 2.68. The minimum absolute atomic E-state index is 0.655. The maximum absolute atomic E-state index is 3.61. The fraction of sp³-hybridized carbons (Fsp3) is 0.571. The summed E-state index contributed by atoms with van der Waals surface area (Å²) >= 11 is 3.61. The van der Waals surface area contributed by atoms with Gasteiger partial charge in [-0.1, -0.05) is 41.1 Å². The summed E-state index contributed by atoms with van der Waals surface area (Å²) in [6.07, 6.45) is 1.31. The van der Waals surface area contributed by atoms with Crippen molar-refractivity contribution in [2.45, 2.75) is 25.9 Å². The Labute approximate surface area is 113 Å². The van der Waals surface area contributed by atoms with Gasteiger partial charge in [-0.05, 0) is 37.6 Å². The molecule has 94 valence electrons. The summed E-state index contributed by atoms with van der Waals surface area (Å²) in [5.74, 6) is 0.802. The molecule has 1 aromatic rings. The van der Waals surface area contributed by atoms with E-state index in [0.717, 1.165) is 19.0 Å². The predicted octanol–water partition coefficient (Wildman–Crippen LogP) is 2.88. The van der Waals surface area contributed by atoms with E-state index in [9.17, 15) is 0 Å². The molecule has 0 bridgehead atoms. The van der Waals surface area contributed by atoms with Crippen molar-refractivity contribution < 1.29 is 0 Å². The van der Waals surface area contributed by atoms with Crippen molar-refractivity contribution in [3.05, 3.63) is 34.3 Å². The smallest absolute Gasteiger partial charge is 0.0242 e. The normalized spacial score (nSPS) is 24.5. The molecule has 1 aromatic carbocycles. The number of nitrogens with zero attached hydrogens (tertiary/aromatic N) is 1. The largest absolute Gasteiger partial charge is 0.312 e. The molecule has 2 nitrogen and oxygen atoms in total. The van der Waals surface area contributed by atoms with Crippen LogP contribution in [0.5, 0.6) is 0 Å². The van der Waals surface area contributed by atoms with Crippen molar-refractivity contribution in [1.82, 2.24) is 10.2 Å². The Morgan fingerprint density at radius 1 is 1.41 bits per heavy atom. The van der Waals surface area contributed by atoms with Crippen molar-refractivity contribution in [2.75, 3.05) is 20.1 Å². The zero-order valence-electron chi connectivity index (χ0n) is 10.6. The summed E-state index contributed by atoms with van der Waals surface area (Å²) in [7, 11) is 2.20. The first-order valence-electron chi connectivity index (χ1n) is 6.32. The molecule has 0 amide bonds. The number of rotatable bonds is 4. The van der Waals surface area contributed by atoms with Gasteiger partial charge >= 0.3 is 0 Å². The average molecular weight is 297 g/mol. The molecule has 0 aliphatic carbocycles. The molecular weight excluding hydrogens is 276 g/mol. The molecule has 0 saturated carbocycles. The van der Waals surface area contributed by atoms with Crippen LogP contribution in [0.4, 0.5) is 0 Å². The molecule has 2 rings (SSSR count). The summed E-state index contributed by atoms with van der Waals surface area (Å²) in [6, 6.07) is 9.12. The number of hydrogen-bond donors (Lipinski definition) is 1. The number of likely N-dealkylation sites (N-methyl/N-ethyl adjacent to an activating group) is 1. The van der Waals surface area contributed by atoms with E-state index in [4.69, 9.17) is 0 Å². The van der Waals surface area contributed by atoms with Gasteiger partial charge in [0.1, 0.15) is 0 Å². The topological polar surface area (TPSA) is 15.3 Å². The summed E-state index contributed by atoms with van der Waals surface area (Å²) in [5.41, 5.74) is 1.36. The molecule has 1 saturated heterocycles. The predicted molar refractivity (Wildman–Crippen MR) is 76.0 cm³/mol. The van der Waals surface area contributed by atoms with E-state index in [1.54, 1.807) is 0 Å². The second-order valence-corrected chi connectivity index (χ2v) is 5.97. The molecule has 2 unspecified atom stereocenters. The first kappa shape index (κ1) is 13.1. The highest BCUT2D eigenvalue weighted by Gasteiger charge is 2.23. The highest BCUT2D eigenvalue weighted by molar-refractivity contribution is 9.10. The third-order valence-corrected chi connectivity index (χ3v) is 4.37. The van der Waals surface area contributed by atoms with E-state index in [1.807, 2.05) is 0 Å². The molecule has 0 radical (unpaired) electrons. The standard InChI is InChI=1S/C14H21BrN2/c1-11-7-8-16-14(11)10-17(2)9-12-5-3-4-6-13(12)15/h3-6,11,14,16H,7-10H2,1-2H3. The quantitative estimate of drug-likeness (QED) is 0.919. The maximum atomic E-state index is 3.61. The molecule has 17 heavy (non-hydrogen) atoms. The number of hydrogen-bond acceptors (Lipinski definition) is 2. The third-order valence-electron chi connectivity index (χ3n) is 3.60. The molecule has 1 aliphatic heterocycles. The van der Waals surface area contributed by atoms with Crippen LogP contribution >= 0.6 is 15.9 Å². The fourth-order valence-corrected chi connectivity index (χ4v) is 2.87. The molecule has 1 heterocycles. The van der Waals surface area contributed by atoms with Gasteiger partial charge in [0.05, 0.1) is 0 Å².